The second-order valence-corrected chi connectivity index (χ2v) is 8.03. The van der Waals surface area contributed by atoms with E-state index < -0.39 is 18.2 Å². The van der Waals surface area contributed by atoms with Gasteiger partial charge in [0, 0.05) is 26.2 Å². The average Bonchev–Trinajstić information content (AvgIpc) is 3.19. The smallest absolute Gasteiger partial charge is 0.414 e. The van der Waals surface area contributed by atoms with Crippen molar-refractivity contribution < 1.29 is 18.7 Å². The largest absolute Gasteiger partial charge is 0.442 e. The second-order valence-electron chi connectivity index (χ2n) is 8.03. The predicted octanol–water partition coefficient (Wildman–Crippen LogP) is 2.09. The number of carbonyl (C=O) groups is 2. The molecule has 0 spiro atoms. The molecule has 4 rings (SSSR count). The zero-order valence-corrected chi connectivity index (χ0v) is 20.2. The van der Waals surface area contributed by atoms with Gasteiger partial charge in [-0.15, -0.1) is 24.8 Å². The fraction of sp³-hybridized carbons (Fsp3) is 0.391. The number of rotatable bonds is 7. The molecule has 0 saturated carbocycles. The van der Waals surface area contributed by atoms with E-state index in [0.29, 0.717) is 17.8 Å². The second kappa shape index (κ2) is 12.8. The summed E-state index contributed by atoms with van der Waals surface area (Å²) in [7, 11) is 0. The summed E-state index contributed by atoms with van der Waals surface area (Å²) in [5.41, 5.74) is 7.92. The van der Waals surface area contributed by atoms with Crippen molar-refractivity contribution >= 4 is 48.2 Å². The highest BCUT2D eigenvalue weighted by molar-refractivity contribution is 5.90. The number of nitrogens with zero attached hydrogens (tertiary/aromatic N) is 2. The highest BCUT2D eigenvalue weighted by atomic mass is 35.5. The normalized spacial score (nSPS) is 18.4. The third-order valence-corrected chi connectivity index (χ3v) is 5.71. The van der Waals surface area contributed by atoms with Gasteiger partial charge in [-0.05, 0) is 30.2 Å². The van der Waals surface area contributed by atoms with Crippen molar-refractivity contribution in [2.75, 3.05) is 49.1 Å². The highest BCUT2D eigenvalue weighted by Crippen LogP contribution is 2.28. The quantitative estimate of drug-likeness (QED) is 0.524. The summed E-state index contributed by atoms with van der Waals surface area (Å²) < 4.78 is 20.1. The first-order valence-electron chi connectivity index (χ1n) is 10.8. The third-order valence-electron chi connectivity index (χ3n) is 5.71. The van der Waals surface area contributed by atoms with Crippen LogP contribution in [0.25, 0.3) is 0 Å². The van der Waals surface area contributed by atoms with Gasteiger partial charge in [0.1, 0.15) is 11.9 Å². The molecular weight excluding hydrogens is 484 g/mol. The van der Waals surface area contributed by atoms with Crippen LogP contribution in [-0.4, -0.2) is 63.4 Å². The number of amides is 2. The van der Waals surface area contributed by atoms with E-state index in [1.165, 1.54) is 11.0 Å². The van der Waals surface area contributed by atoms with E-state index in [1.807, 2.05) is 35.2 Å². The number of ether oxygens (including phenoxy) is 1. The van der Waals surface area contributed by atoms with Crippen molar-refractivity contribution in [1.82, 2.24) is 10.6 Å². The van der Waals surface area contributed by atoms with Crippen LogP contribution in [0.1, 0.15) is 5.56 Å². The number of piperazine rings is 1. The molecule has 34 heavy (non-hydrogen) atoms. The van der Waals surface area contributed by atoms with Gasteiger partial charge >= 0.3 is 6.09 Å². The molecule has 2 aliphatic rings. The minimum Gasteiger partial charge on any atom is -0.442 e. The Labute approximate surface area is 210 Å². The lowest BCUT2D eigenvalue weighted by Gasteiger charge is -2.30. The number of carbonyl (C=O) groups excluding carboxylic acids is 2. The van der Waals surface area contributed by atoms with Gasteiger partial charge < -0.3 is 26.0 Å². The van der Waals surface area contributed by atoms with Crippen molar-refractivity contribution in [3.05, 3.63) is 59.9 Å². The first-order valence-corrected chi connectivity index (χ1v) is 10.8. The Bertz CT molecular complexity index is 963. The molecule has 186 valence electrons. The summed E-state index contributed by atoms with van der Waals surface area (Å²) in [5.74, 6) is -0.685. The standard InChI is InChI=1S/C23H28FN5O3.2ClH/c24-19-13-17(6-7-21(19)28-10-8-26-9-11-28)29-15-18(32-23(29)31)14-27-22(30)20(25)12-16-4-2-1-3-5-16;;/h1-7,13,18,20,26H,8-12,14-15,25H2,(H,27,30);2*1H/t18-,20?;;/m1../s1. The zero-order chi connectivity index (χ0) is 22.5. The maximum atomic E-state index is 14.7. The van der Waals surface area contributed by atoms with Crippen molar-refractivity contribution in [1.29, 1.82) is 0 Å². The Morgan fingerprint density at radius 2 is 1.88 bits per heavy atom. The summed E-state index contributed by atoms with van der Waals surface area (Å²) in [6.45, 7) is 3.45. The van der Waals surface area contributed by atoms with Crippen LogP contribution in [0.2, 0.25) is 0 Å². The molecule has 2 saturated heterocycles. The van der Waals surface area contributed by atoms with E-state index >= 15 is 0 Å². The van der Waals surface area contributed by atoms with Crippen LogP contribution in [0.5, 0.6) is 0 Å². The molecule has 11 heteroatoms. The molecule has 2 heterocycles. The number of hydrogen-bond donors (Lipinski definition) is 3. The molecule has 2 amide bonds. The van der Waals surface area contributed by atoms with Gasteiger partial charge in [-0.1, -0.05) is 30.3 Å². The Morgan fingerprint density at radius 1 is 1.18 bits per heavy atom. The van der Waals surface area contributed by atoms with Crippen LogP contribution in [0.15, 0.2) is 48.5 Å². The van der Waals surface area contributed by atoms with E-state index in [2.05, 4.69) is 10.6 Å². The minimum absolute atomic E-state index is 0. The first kappa shape index (κ1) is 27.7. The number of hydrogen-bond acceptors (Lipinski definition) is 6. The first-order chi connectivity index (χ1) is 15.5. The Morgan fingerprint density at radius 3 is 2.56 bits per heavy atom. The molecule has 0 aromatic heterocycles. The highest BCUT2D eigenvalue weighted by Gasteiger charge is 2.33. The zero-order valence-electron chi connectivity index (χ0n) is 18.6. The number of anilines is 2. The molecule has 2 aromatic carbocycles. The van der Waals surface area contributed by atoms with Gasteiger partial charge in [0.25, 0.3) is 0 Å². The molecule has 0 bridgehead atoms. The van der Waals surface area contributed by atoms with E-state index in [4.69, 9.17) is 10.5 Å². The molecular formula is C23H30Cl2FN5O3. The van der Waals surface area contributed by atoms with E-state index in [9.17, 15) is 14.0 Å². The lowest BCUT2D eigenvalue weighted by atomic mass is 10.1. The maximum Gasteiger partial charge on any atom is 0.414 e. The fourth-order valence-electron chi connectivity index (χ4n) is 3.97. The van der Waals surface area contributed by atoms with Gasteiger partial charge in [-0.25, -0.2) is 9.18 Å². The molecule has 0 aliphatic carbocycles. The number of cyclic esters (lactones) is 1. The Balaban J connectivity index is 0.00000204. The molecule has 2 aliphatic heterocycles. The van der Waals surface area contributed by atoms with Gasteiger partial charge in [-0.2, -0.15) is 0 Å². The molecule has 0 radical (unpaired) electrons. The molecule has 2 aromatic rings. The van der Waals surface area contributed by atoms with Crippen LogP contribution in [-0.2, 0) is 16.0 Å². The van der Waals surface area contributed by atoms with Gasteiger partial charge in [0.05, 0.1) is 30.5 Å². The Kier molecular flexibility index (Phi) is 10.4. The third kappa shape index (κ3) is 6.73. The monoisotopic (exact) mass is 513 g/mol. The van der Waals surface area contributed by atoms with Crippen molar-refractivity contribution in [2.45, 2.75) is 18.6 Å². The minimum atomic E-state index is -0.697. The summed E-state index contributed by atoms with van der Waals surface area (Å²) >= 11 is 0. The van der Waals surface area contributed by atoms with Gasteiger partial charge in [-0.3, -0.25) is 9.69 Å². The van der Waals surface area contributed by atoms with Crippen LogP contribution in [0, 0.1) is 5.82 Å². The summed E-state index contributed by atoms with van der Waals surface area (Å²) in [6, 6.07) is 13.6. The van der Waals surface area contributed by atoms with Crippen LogP contribution in [0.3, 0.4) is 0 Å². The summed E-state index contributed by atoms with van der Waals surface area (Å²) in [5, 5.41) is 5.98. The topological polar surface area (TPSA) is 99.9 Å². The number of nitrogens with one attached hydrogen (secondary N) is 2. The van der Waals surface area contributed by atoms with Crippen molar-refractivity contribution in [3.63, 3.8) is 0 Å². The number of halogens is 3. The van der Waals surface area contributed by atoms with Gasteiger partial charge in [0.2, 0.25) is 5.91 Å². The lowest BCUT2D eigenvalue weighted by molar-refractivity contribution is -0.122. The number of benzene rings is 2. The number of nitrogens with two attached hydrogens (primary N) is 1. The SMILES string of the molecule is Cl.Cl.NC(Cc1ccccc1)C(=O)NC[C@@H]1CN(c2ccc(N3CCNCC3)c(F)c2)C(=O)O1. The fourth-order valence-corrected chi connectivity index (χ4v) is 3.97. The Hall–Kier alpha value is -2.59. The molecule has 1 unspecified atom stereocenters. The van der Waals surface area contributed by atoms with Gasteiger partial charge in [0.15, 0.2) is 0 Å². The van der Waals surface area contributed by atoms with Crippen LogP contribution in [0.4, 0.5) is 20.6 Å². The molecule has 2 atom stereocenters. The van der Waals surface area contributed by atoms with E-state index in [-0.39, 0.29) is 49.6 Å². The molecule has 2 fully saturated rings. The van der Waals surface area contributed by atoms with E-state index in [0.717, 1.165) is 31.7 Å². The van der Waals surface area contributed by atoms with E-state index in [1.54, 1.807) is 12.1 Å². The van der Waals surface area contributed by atoms with Crippen molar-refractivity contribution in [2.24, 2.45) is 5.73 Å². The van der Waals surface area contributed by atoms with Crippen LogP contribution >= 0.6 is 24.8 Å². The molecule has 8 nitrogen and oxygen atoms in total. The van der Waals surface area contributed by atoms with Crippen molar-refractivity contribution in [3.8, 4) is 0 Å². The predicted molar refractivity (Wildman–Crippen MR) is 135 cm³/mol. The average molecular weight is 514 g/mol. The van der Waals surface area contributed by atoms with Crippen LogP contribution < -0.4 is 26.2 Å². The maximum absolute atomic E-state index is 14.7. The lowest BCUT2D eigenvalue weighted by Crippen LogP contribution is -2.45. The molecule has 4 N–H and O–H groups in total. The summed E-state index contributed by atoms with van der Waals surface area (Å²) in [6.07, 6.45) is -0.680. The summed E-state index contributed by atoms with van der Waals surface area (Å²) in [4.78, 5) is 28.0.